The SMILES string of the molecule is Cc1cn(-c2ccc(N3CCN4CCC[C@H]4C3)cc2)c(=O)c2cccc(-c3ccc(C#N)cc3)c12. The first-order valence-corrected chi connectivity index (χ1v) is 12.4. The average Bonchev–Trinajstić information content (AvgIpc) is 3.39. The Hall–Kier alpha value is -3.88. The van der Waals surface area contributed by atoms with E-state index >= 15 is 0 Å². The van der Waals surface area contributed by atoms with Gasteiger partial charge in [-0.3, -0.25) is 14.3 Å². The Morgan fingerprint density at radius 1 is 0.914 bits per heavy atom. The molecule has 174 valence electrons. The number of benzene rings is 3. The first-order chi connectivity index (χ1) is 17.1. The number of piperazine rings is 1. The molecule has 0 bridgehead atoms. The molecule has 3 heterocycles. The lowest BCUT2D eigenvalue weighted by molar-refractivity contribution is 0.231. The van der Waals surface area contributed by atoms with Crippen molar-refractivity contribution in [3.05, 3.63) is 94.4 Å². The van der Waals surface area contributed by atoms with Crippen LogP contribution in [0.5, 0.6) is 0 Å². The molecule has 0 saturated carbocycles. The summed E-state index contributed by atoms with van der Waals surface area (Å²) in [6.45, 7) is 6.59. The van der Waals surface area contributed by atoms with Gasteiger partial charge in [0.2, 0.25) is 0 Å². The van der Waals surface area contributed by atoms with Crippen LogP contribution in [0.3, 0.4) is 0 Å². The van der Waals surface area contributed by atoms with Crippen LogP contribution in [-0.4, -0.2) is 41.7 Å². The minimum absolute atomic E-state index is 0.0200. The lowest BCUT2D eigenvalue weighted by atomic mass is 9.96. The van der Waals surface area contributed by atoms with Gasteiger partial charge >= 0.3 is 0 Å². The van der Waals surface area contributed by atoms with Gasteiger partial charge in [0, 0.05) is 48.6 Å². The number of aromatic nitrogens is 1. The van der Waals surface area contributed by atoms with Crippen LogP contribution in [-0.2, 0) is 0 Å². The summed E-state index contributed by atoms with van der Waals surface area (Å²) in [4.78, 5) is 18.7. The Kier molecular flexibility index (Phi) is 5.39. The van der Waals surface area contributed by atoms with Crippen LogP contribution in [0.4, 0.5) is 5.69 Å². The van der Waals surface area contributed by atoms with E-state index in [0.717, 1.165) is 47.4 Å². The van der Waals surface area contributed by atoms with Crippen LogP contribution in [0.1, 0.15) is 24.0 Å². The molecule has 2 aliphatic rings. The van der Waals surface area contributed by atoms with Crippen molar-refractivity contribution in [1.82, 2.24) is 9.47 Å². The molecule has 0 radical (unpaired) electrons. The van der Waals surface area contributed by atoms with E-state index in [2.05, 4.69) is 47.1 Å². The number of fused-ring (bicyclic) bond motifs is 2. The Morgan fingerprint density at radius 3 is 2.46 bits per heavy atom. The van der Waals surface area contributed by atoms with Crippen LogP contribution >= 0.6 is 0 Å². The fourth-order valence-corrected chi connectivity index (χ4v) is 5.81. The van der Waals surface area contributed by atoms with Crippen LogP contribution in [0.25, 0.3) is 27.6 Å². The minimum atomic E-state index is -0.0200. The second-order valence-corrected chi connectivity index (χ2v) is 9.70. The first kappa shape index (κ1) is 21.6. The summed E-state index contributed by atoms with van der Waals surface area (Å²) in [6, 6.07) is 24.7. The zero-order valence-electron chi connectivity index (χ0n) is 19.9. The van der Waals surface area contributed by atoms with E-state index in [0.29, 0.717) is 17.0 Å². The number of hydrogen-bond donors (Lipinski definition) is 0. The molecule has 0 spiro atoms. The molecule has 6 rings (SSSR count). The van der Waals surface area contributed by atoms with Gasteiger partial charge in [0.25, 0.3) is 5.56 Å². The maximum atomic E-state index is 13.6. The van der Waals surface area contributed by atoms with E-state index in [1.54, 1.807) is 4.57 Å². The molecule has 35 heavy (non-hydrogen) atoms. The molecule has 5 nitrogen and oxygen atoms in total. The van der Waals surface area contributed by atoms with Gasteiger partial charge in [-0.1, -0.05) is 24.3 Å². The minimum Gasteiger partial charge on any atom is -0.369 e. The molecule has 0 amide bonds. The quantitative estimate of drug-likeness (QED) is 0.426. The van der Waals surface area contributed by atoms with E-state index in [-0.39, 0.29) is 5.56 Å². The van der Waals surface area contributed by atoms with Crippen molar-refractivity contribution in [3.8, 4) is 22.9 Å². The topological polar surface area (TPSA) is 52.3 Å². The van der Waals surface area contributed by atoms with Gasteiger partial charge in [0.15, 0.2) is 0 Å². The number of pyridine rings is 1. The van der Waals surface area contributed by atoms with E-state index in [1.165, 1.54) is 25.1 Å². The Morgan fingerprint density at radius 2 is 1.69 bits per heavy atom. The summed E-state index contributed by atoms with van der Waals surface area (Å²) in [6.07, 6.45) is 4.56. The van der Waals surface area contributed by atoms with Crippen molar-refractivity contribution >= 4 is 16.5 Å². The number of nitriles is 1. The second-order valence-electron chi connectivity index (χ2n) is 9.70. The molecule has 2 aliphatic heterocycles. The molecule has 0 unspecified atom stereocenters. The summed E-state index contributed by atoms with van der Waals surface area (Å²) in [5.74, 6) is 0. The maximum Gasteiger partial charge on any atom is 0.262 e. The van der Waals surface area contributed by atoms with E-state index in [4.69, 9.17) is 5.26 Å². The number of nitrogens with zero attached hydrogens (tertiary/aromatic N) is 4. The molecule has 2 saturated heterocycles. The third kappa shape index (κ3) is 3.80. The Balaban J connectivity index is 1.35. The van der Waals surface area contributed by atoms with Crippen LogP contribution in [0.2, 0.25) is 0 Å². The number of aryl methyl sites for hydroxylation is 1. The highest BCUT2D eigenvalue weighted by Gasteiger charge is 2.30. The van der Waals surface area contributed by atoms with E-state index in [9.17, 15) is 4.79 Å². The molecule has 0 aliphatic carbocycles. The molecular formula is C30H28N4O. The van der Waals surface area contributed by atoms with E-state index < -0.39 is 0 Å². The lowest BCUT2D eigenvalue weighted by Crippen LogP contribution is -2.50. The van der Waals surface area contributed by atoms with Gasteiger partial charge < -0.3 is 4.90 Å². The first-order valence-electron chi connectivity index (χ1n) is 12.4. The van der Waals surface area contributed by atoms with Gasteiger partial charge in [-0.05, 0) is 90.9 Å². The van der Waals surface area contributed by atoms with Crippen molar-refractivity contribution in [1.29, 1.82) is 5.26 Å². The van der Waals surface area contributed by atoms with Crippen LogP contribution in [0, 0.1) is 18.3 Å². The second kappa shape index (κ2) is 8.72. The fraction of sp³-hybridized carbons (Fsp3) is 0.267. The summed E-state index contributed by atoms with van der Waals surface area (Å²) in [5.41, 5.74) is 5.77. The summed E-state index contributed by atoms with van der Waals surface area (Å²) in [5, 5.41) is 10.8. The molecule has 2 fully saturated rings. The number of hydrogen-bond acceptors (Lipinski definition) is 4. The van der Waals surface area contributed by atoms with Crippen LogP contribution < -0.4 is 10.5 Å². The van der Waals surface area contributed by atoms with Gasteiger partial charge in [-0.15, -0.1) is 0 Å². The molecule has 1 atom stereocenters. The highest BCUT2D eigenvalue weighted by Crippen LogP contribution is 2.31. The smallest absolute Gasteiger partial charge is 0.262 e. The van der Waals surface area contributed by atoms with E-state index in [1.807, 2.05) is 48.7 Å². The van der Waals surface area contributed by atoms with Crippen molar-refractivity contribution in [2.45, 2.75) is 25.8 Å². The summed E-state index contributed by atoms with van der Waals surface area (Å²) < 4.78 is 1.76. The number of anilines is 1. The highest BCUT2D eigenvalue weighted by atomic mass is 16.1. The molecule has 3 aromatic carbocycles. The lowest BCUT2D eigenvalue weighted by Gasteiger charge is -2.38. The van der Waals surface area contributed by atoms with Crippen molar-refractivity contribution in [3.63, 3.8) is 0 Å². The highest BCUT2D eigenvalue weighted by molar-refractivity contribution is 5.98. The zero-order valence-corrected chi connectivity index (χ0v) is 19.9. The van der Waals surface area contributed by atoms with Gasteiger partial charge in [0.05, 0.1) is 11.6 Å². The average molecular weight is 461 g/mol. The predicted molar refractivity (Wildman–Crippen MR) is 141 cm³/mol. The Labute approximate surface area is 205 Å². The Bertz CT molecular complexity index is 1500. The van der Waals surface area contributed by atoms with Crippen molar-refractivity contribution in [2.24, 2.45) is 0 Å². The van der Waals surface area contributed by atoms with Crippen molar-refractivity contribution in [2.75, 3.05) is 31.1 Å². The summed E-state index contributed by atoms with van der Waals surface area (Å²) in [7, 11) is 0. The van der Waals surface area contributed by atoms with Gasteiger partial charge in [-0.2, -0.15) is 5.26 Å². The van der Waals surface area contributed by atoms with Crippen LogP contribution in [0.15, 0.2) is 77.7 Å². The third-order valence-electron chi connectivity index (χ3n) is 7.64. The maximum absolute atomic E-state index is 13.6. The zero-order chi connectivity index (χ0) is 23.9. The largest absolute Gasteiger partial charge is 0.369 e. The fourth-order valence-electron chi connectivity index (χ4n) is 5.81. The standard InChI is InChI=1S/C30H28N4O/c1-21-19-34(25-13-11-24(12-14-25)33-17-16-32-15-3-4-26(32)20-33)30(35)28-6-2-5-27(29(21)28)23-9-7-22(18-31)8-10-23/h2,5-14,19,26H,3-4,15-17,20H2,1H3/t26-/m0/s1. The number of rotatable bonds is 3. The van der Waals surface area contributed by atoms with Gasteiger partial charge in [-0.25, -0.2) is 0 Å². The normalized spacial score (nSPS) is 17.9. The molecule has 4 aromatic rings. The monoisotopic (exact) mass is 460 g/mol. The molecule has 5 heteroatoms. The van der Waals surface area contributed by atoms with Gasteiger partial charge in [0.1, 0.15) is 0 Å². The molecular weight excluding hydrogens is 432 g/mol. The third-order valence-corrected chi connectivity index (χ3v) is 7.64. The summed E-state index contributed by atoms with van der Waals surface area (Å²) >= 11 is 0. The van der Waals surface area contributed by atoms with Crippen molar-refractivity contribution < 1.29 is 0 Å². The molecule has 0 N–H and O–H groups in total. The predicted octanol–water partition coefficient (Wildman–Crippen LogP) is 5.12. The molecule has 1 aromatic heterocycles.